The van der Waals surface area contributed by atoms with E-state index in [1.807, 2.05) is 30.5 Å². The van der Waals surface area contributed by atoms with Crippen molar-refractivity contribution in [1.29, 1.82) is 0 Å². The number of aromatic nitrogens is 1. The molecular weight excluding hydrogens is 177 g/mol. The summed E-state index contributed by atoms with van der Waals surface area (Å²) in [7, 11) is 0. The van der Waals surface area contributed by atoms with Gasteiger partial charge in [0.2, 0.25) is 0 Å². The lowest BCUT2D eigenvalue weighted by Crippen LogP contribution is -1.90. The van der Waals surface area contributed by atoms with Crippen LogP contribution in [-0.4, -0.2) is 4.98 Å². The van der Waals surface area contributed by atoms with Crippen LogP contribution >= 0.6 is 0 Å². The predicted octanol–water partition coefficient (Wildman–Crippen LogP) is 3.05. The van der Waals surface area contributed by atoms with Crippen LogP contribution in [0.2, 0.25) is 0 Å². The van der Waals surface area contributed by atoms with Gasteiger partial charge < -0.3 is 4.98 Å². The van der Waals surface area contributed by atoms with Crippen LogP contribution in [0, 0.1) is 12.7 Å². The highest BCUT2D eigenvalue weighted by atomic mass is 19.1. The first kappa shape index (κ1) is 9.00. The normalized spacial score (nSPS) is 10.4. The summed E-state index contributed by atoms with van der Waals surface area (Å²) in [4.78, 5) is 3.10. The van der Waals surface area contributed by atoms with Crippen molar-refractivity contribution in [3.05, 3.63) is 59.2 Å². The third-order valence-corrected chi connectivity index (χ3v) is 2.29. The first-order chi connectivity index (χ1) is 6.75. The second kappa shape index (κ2) is 3.66. The molecule has 0 saturated carbocycles. The SMILES string of the molecule is Cc1ccc(Cc2ccc[nH]2)cc1F. The fourth-order valence-corrected chi connectivity index (χ4v) is 1.44. The number of halogens is 1. The Bertz CT molecular complexity index is 418. The van der Waals surface area contributed by atoms with Crippen molar-refractivity contribution in [2.75, 3.05) is 0 Å². The molecule has 0 aliphatic carbocycles. The molecule has 0 fully saturated rings. The lowest BCUT2D eigenvalue weighted by atomic mass is 10.1. The second-order valence-electron chi connectivity index (χ2n) is 3.46. The summed E-state index contributed by atoms with van der Waals surface area (Å²) in [6, 6.07) is 9.31. The highest BCUT2D eigenvalue weighted by Gasteiger charge is 2.00. The Balaban J connectivity index is 2.22. The van der Waals surface area contributed by atoms with Gasteiger partial charge in [0.1, 0.15) is 5.82 Å². The van der Waals surface area contributed by atoms with Crippen molar-refractivity contribution >= 4 is 0 Å². The Kier molecular flexibility index (Phi) is 2.35. The Morgan fingerprint density at radius 1 is 1.29 bits per heavy atom. The van der Waals surface area contributed by atoms with Crippen molar-refractivity contribution in [2.45, 2.75) is 13.3 Å². The Morgan fingerprint density at radius 2 is 2.14 bits per heavy atom. The maximum absolute atomic E-state index is 13.2. The number of aromatic amines is 1. The van der Waals surface area contributed by atoms with E-state index in [1.54, 1.807) is 13.0 Å². The first-order valence-electron chi connectivity index (χ1n) is 4.63. The van der Waals surface area contributed by atoms with Gasteiger partial charge in [-0.15, -0.1) is 0 Å². The molecule has 0 unspecified atom stereocenters. The maximum atomic E-state index is 13.2. The molecule has 72 valence electrons. The Hall–Kier alpha value is -1.57. The third kappa shape index (κ3) is 1.84. The van der Waals surface area contributed by atoms with Crippen LogP contribution in [0.3, 0.4) is 0 Å². The molecule has 1 aromatic carbocycles. The van der Waals surface area contributed by atoms with Crippen LogP contribution < -0.4 is 0 Å². The van der Waals surface area contributed by atoms with Gasteiger partial charge >= 0.3 is 0 Å². The standard InChI is InChI=1S/C12H12FN/c1-9-4-5-10(8-12(9)13)7-11-3-2-6-14-11/h2-6,8,14H,7H2,1H3. The number of rotatable bonds is 2. The summed E-state index contributed by atoms with van der Waals surface area (Å²) in [5, 5.41) is 0. The van der Waals surface area contributed by atoms with E-state index in [2.05, 4.69) is 4.98 Å². The molecule has 0 radical (unpaired) electrons. The zero-order valence-corrected chi connectivity index (χ0v) is 8.05. The molecule has 1 heterocycles. The Labute approximate surface area is 82.6 Å². The van der Waals surface area contributed by atoms with Crippen LogP contribution in [0.4, 0.5) is 4.39 Å². The summed E-state index contributed by atoms with van der Waals surface area (Å²) in [6.07, 6.45) is 2.63. The average Bonchev–Trinajstić information content (AvgIpc) is 2.64. The zero-order valence-electron chi connectivity index (χ0n) is 8.05. The molecule has 2 aromatic rings. The maximum Gasteiger partial charge on any atom is 0.126 e. The van der Waals surface area contributed by atoms with E-state index in [4.69, 9.17) is 0 Å². The minimum Gasteiger partial charge on any atom is -0.365 e. The molecule has 14 heavy (non-hydrogen) atoms. The lowest BCUT2D eigenvalue weighted by Gasteiger charge is -2.01. The molecule has 0 atom stereocenters. The smallest absolute Gasteiger partial charge is 0.126 e. The molecule has 0 aliphatic heterocycles. The largest absolute Gasteiger partial charge is 0.365 e. The predicted molar refractivity (Wildman–Crippen MR) is 54.7 cm³/mol. The zero-order chi connectivity index (χ0) is 9.97. The van der Waals surface area contributed by atoms with Gasteiger partial charge in [-0.2, -0.15) is 0 Å². The van der Waals surface area contributed by atoms with Crippen molar-refractivity contribution in [3.8, 4) is 0 Å². The molecule has 2 heteroatoms. The molecule has 2 rings (SSSR count). The highest BCUT2D eigenvalue weighted by Crippen LogP contribution is 2.12. The van der Waals surface area contributed by atoms with Crippen molar-refractivity contribution in [3.63, 3.8) is 0 Å². The fourth-order valence-electron chi connectivity index (χ4n) is 1.44. The van der Waals surface area contributed by atoms with E-state index in [9.17, 15) is 4.39 Å². The van der Waals surface area contributed by atoms with E-state index in [-0.39, 0.29) is 5.82 Å². The van der Waals surface area contributed by atoms with Gasteiger partial charge in [-0.05, 0) is 36.2 Å². The average molecular weight is 189 g/mol. The molecule has 1 aromatic heterocycles. The topological polar surface area (TPSA) is 15.8 Å². The van der Waals surface area contributed by atoms with Crippen LogP contribution in [0.25, 0.3) is 0 Å². The van der Waals surface area contributed by atoms with Crippen molar-refractivity contribution in [2.24, 2.45) is 0 Å². The molecule has 0 spiro atoms. The number of nitrogens with one attached hydrogen (secondary N) is 1. The van der Waals surface area contributed by atoms with E-state index in [1.165, 1.54) is 0 Å². The highest BCUT2D eigenvalue weighted by molar-refractivity contribution is 5.26. The monoisotopic (exact) mass is 189 g/mol. The number of aryl methyl sites for hydroxylation is 1. The molecule has 1 nitrogen and oxygen atoms in total. The van der Waals surface area contributed by atoms with Crippen molar-refractivity contribution in [1.82, 2.24) is 4.98 Å². The minimum atomic E-state index is -0.131. The van der Waals surface area contributed by atoms with Gasteiger partial charge in [-0.25, -0.2) is 4.39 Å². The molecule has 0 amide bonds. The third-order valence-electron chi connectivity index (χ3n) is 2.29. The first-order valence-corrected chi connectivity index (χ1v) is 4.63. The van der Waals surface area contributed by atoms with Crippen LogP contribution in [0.5, 0.6) is 0 Å². The summed E-state index contributed by atoms with van der Waals surface area (Å²) in [5.41, 5.74) is 2.80. The van der Waals surface area contributed by atoms with Gasteiger partial charge in [0.05, 0.1) is 0 Å². The second-order valence-corrected chi connectivity index (χ2v) is 3.46. The fraction of sp³-hybridized carbons (Fsp3) is 0.167. The molecule has 1 N–H and O–H groups in total. The van der Waals surface area contributed by atoms with Crippen LogP contribution in [-0.2, 0) is 6.42 Å². The summed E-state index contributed by atoms with van der Waals surface area (Å²) in [6.45, 7) is 1.77. The number of H-pyrrole nitrogens is 1. The van der Waals surface area contributed by atoms with E-state index < -0.39 is 0 Å². The van der Waals surface area contributed by atoms with Gasteiger partial charge in [0, 0.05) is 18.3 Å². The van der Waals surface area contributed by atoms with Gasteiger partial charge in [0.25, 0.3) is 0 Å². The quantitative estimate of drug-likeness (QED) is 0.747. The van der Waals surface area contributed by atoms with Gasteiger partial charge in [-0.3, -0.25) is 0 Å². The van der Waals surface area contributed by atoms with Crippen LogP contribution in [0.1, 0.15) is 16.8 Å². The number of hydrogen-bond donors (Lipinski definition) is 1. The van der Waals surface area contributed by atoms with Gasteiger partial charge in [0.15, 0.2) is 0 Å². The molecule has 0 saturated heterocycles. The molecule has 0 aliphatic rings. The summed E-state index contributed by atoms with van der Waals surface area (Å²) < 4.78 is 13.2. The Morgan fingerprint density at radius 3 is 2.79 bits per heavy atom. The van der Waals surface area contributed by atoms with Crippen LogP contribution in [0.15, 0.2) is 36.5 Å². The summed E-state index contributed by atoms with van der Waals surface area (Å²) in [5.74, 6) is -0.131. The minimum absolute atomic E-state index is 0.131. The van der Waals surface area contributed by atoms with Gasteiger partial charge in [-0.1, -0.05) is 12.1 Å². The number of hydrogen-bond acceptors (Lipinski definition) is 0. The lowest BCUT2D eigenvalue weighted by molar-refractivity contribution is 0.616. The summed E-state index contributed by atoms with van der Waals surface area (Å²) >= 11 is 0. The molecule has 0 bridgehead atoms. The van der Waals surface area contributed by atoms with E-state index in [0.717, 1.165) is 17.7 Å². The van der Waals surface area contributed by atoms with E-state index in [0.29, 0.717) is 5.56 Å². The van der Waals surface area contributed by atoms with E-state index >= 15 is 0 Å². The van der Waals surface area contributed by atoms with Crippen molar-refractivity contribution < 1.29 is 4.39 Å². The number of benzene rings is 1. The molecular formula is C12H12FN.